The largest absolute Gasteiger partial charge is 0.298 e. The zero-order chi connectivity index (χ0) is 9.76. The standard InChI is InChI=1S/C12H9BrO/c13-12-6-5-8-3-1-2-4-9(8)10(12)7-11(12)14/h1-6,10H,7H2. The summed E-state index contributed by atoms with van der Waals surface area (Å²) >= 11 is 3.54. The Balaban J connectivity index is 2.17. The molecule has 2 aliphatic rings. The summed E-state index contributed by atoms with van der Waals surface area (Å²) in [6, 6.07) is 8.28. The van der Waals surface area contributed by atoms with E-state index in [0.29, 0.717) is 18.1 Å². The Labute approximate surface area is 90.9 Å². The highest BCUT2D eigenvalue weighted by atomic mass is 79.9. The van der Waals surface area contributed by atoms with Crippen LogP contribution in [0.25, 0.3) is 6.08 Å². The Morgan fingerprint density at radius 2 is 2.14 bits per heavy atom. The molecule has 70 valence electrons. The Hall–Kier alpha value is -0.890. The van der Waals surface area contributed by atoms with Gasteiger partial charge in [0.15, 0.2) is 5.78 Å². The van der Waals surface area contributed by atoms with Crippen LogP contribution in [0.5, 0.6) is 0 Å². The molecule has 1 nitrogen and oxygen atoms in total. The molecule has 2 heteroatoms. The van der Waals surface area contributed by atoms with Gasteiger partial charge in [-0.05, 0) is 11.1 Å². The molecule has 1 aromatic carbocycles. The second-order valence-electron chi connectivity index (χ2n) is 3.91. The van der Waals surface area contributed by atoms with Gasteiger partial charge in [0.25, 0.3) is 0 Å². The Kier molecular flexibility index (Phi) is 1.55. The third-order valence-electron chi connectivity index (χ3n) is 3.20. The summed E-state index contributed by atoms with van der Waals surface area (Å²) in [5.41, 5.74) is 2.55. The van der Waals surface area contributed by atoms with Gasteiger partial charge in [-0.3, -0.25) is 4.79 Å². The second kappa shape index (κ2) is 2.57. The van der Waals surface area contributed by atoms with Crippen LogP contribution in [0.15, 0.2) is 30.3 Å². The molecule has 14 heavy (non-hydrogen) atoms. The monoisotopic (exact) mass is 248 g/mol. The lowest BCUT2D eigenvalue weighted by atomic mass is 9.65. The van der Waals surface area contributed by atoms with E-state index in [9.17, 15) is 4.79 Å². The molecule has 2 unspecified atom stereocenters. The lowest BCUT2D eigenvalue weighted by Crippen LogP contribution is -2.49. The number of Topliss-reactive ketones (excluding diaryl/α,β-unsaturated/α-hetero) is 1. The molecule has 1 saturated carbocycles. The van der Waals surface area contributed by atoms with Crippen molar-refractivity contribution in [1.82, 2.24) is 0 Å². The Morgan fingerprint density at radius 1 is 1.36 bits per heavy atom. The van der Waals surface area contributed by atoms with Crippen LogP contribution in [-0.2, 0) is 4.79 Å². The number of alkyl halides is 1. The van der Waals surface area contributed by atoms with E-state index in [4.69, 9.17) is 0 Å². The number of halogens is 1. The number of hydrogen-bond donors (Lipinski definition) is 0. The molecular weight excluding hydrogens is 240 g/mol. The maximum Gasteiger partial charge on any atom is 0.154 e. The van der Waals surface area contributed by atoms with Gasteiger partial charge in [-0.2, -0.15) is 0 Å². The molecule has 0 saturated heterocycles. The van der Waals surface area contributed by atoms with E-state index in [1.165, 1.54) is 11.1 Å². The second-order valence-corrected chi connectivity index (χ2v) is 5.22. The van der Waals surface area contributed by atoms with Gasteiger partial charge in [0.2, 0.25) is 0 Å². The summed E-state index contributed by atoms with van der Waals surface area (Å²) in [6.45, 7) is 0. The first-order chi connectivity index (χ1) is 6.72. The first-order valence-electron chi connectivity index (χ1n) is 4.72. The van der Waals surface area contributed by atoms with Crippen molar-refractivity contribution in [3.63, 3.8) is 0 Å². The summed E-state index contributed by atoms with van der Waals surface area (Å²) in [4.78, 5) is 11.5. The summed E-state index contributed by atoms with van der Waals surface area (Å²) < 4.78 is -0.388. The van der Waals surface area contributed by atoms with Crippen LogP contribution >= 0.6 is 15.9 Å². The first kappa shape index (κ1) is 8.42. The SMILES string of the molecule is O=C1CC2c3ccccc3C=CC12Br. The van der Waals surface area contributed by atoms with Crippen LogP contribution in [0.2, 0.25) is 0 Å². The molecule has 3 rings (SSSR count). The molecular formula is C12H9BrO. The number of rotatable bonds is 0. The maximum absolute atomic E-state index is 11.5. The smallest absolute Gasteiger partial charge is 0.154 e. The molecule has 2 aliphatic carbocycles. The maximum atomic E-state index is 11.5. The van der Waals surface area contributed by atoms with Crippen molar-refractivity contribution in [2.75, 3.05) is 0 Å². The topological polar surface area (TPSA) is 17.1 Å². The molecule has 0 bridgehead atoms. The molecule has 2 atom stereocenters. The molecule has 0 radical (unpaired) electrons. The van der Waals surface area contributed by atoms with E-state index in [2.05, 4.69) is 28.1 Å². The molecule has 0 heterocycles. The van der Waals surface area contributed by atoms with Crippen molar-refractivity contribution in [3.05, 3.63) is 41.5 Å². The third kappa shape index (κ3) is 0.871. The molecule has 0 spiro atoms. The van der Waals surface area contributed by atoms with E-state index >= 15 is 0 Å². The molecule has 1 fully saturated rings. The Bertz CT molecular complexity index is 449. The van der Waals surface area contributed by atoms with Crippen molar-refractivity contribution >= 4 is 27.8 Å². The van der Waals surface area contributed by atoms with Gasteiger partial charge in [0.1, 0.15) is 4.32 Å². The van der Waals surface area contributed by atoms with Crippen molar-refractivity contribution in [3.8, 4) is 0 Å². The summed E-state index contributed by atoms with van der Waals surface area (Å²) in [6.07, 6.45) is 4.70. The van der Waals surface area contributed by atoms with Crippen LogP contribution in [0, 0.1) is 0 Å². The van der Waals surface area contributed by atoms with Crippen LogP contribution in [-0.4, -0.2) is 10.1 Å². The predicted octanol–water partition coefficient (Wildman–Crippen LogP) is 2.90. The van der Waals surface area contributed by atoms with E-state index in [-0.39, 0.29) is 4.32 Å². The summed E-state index contributed by atoms with van der Waals surface area (Å²) in [7, 11) is 0. The highest BCUT2D eigenvalue weighted by Crippen LogP contribution is 2.53. The lowest BCUT2D eigenvalue weighted by Gasteiger charge is -2.44. The normalized spacial score (nSPS) is 33.2. The number of allylic oxidation sites excluding steroid dienone is 1. The number of carbonyl (C=O) groups excluding carboxylic acids is 1. The number of ketones is 1. The molecule has 0 amide bonds. The van der Waals surface area contributed by atoms with Crippen LogP contribution < -0.4 is 0 Å². The number of carbonyl (C=O) groups is 1. The highest BCUT2D eigenvalue weighted by Gasteiger charge is 2.53. The number of benzene rings is 1. The predicted molar refractivity (Wildman–Crippen MR) is 59.5 cm³/mol. The van der Waals surface area contributed by atoms with Gasteiger partial charge in [0, 0.05) is 12.3 Å². The summed E-state index contributed by atoms with van der Waals surface area (Å²) in [5.74, 6) is 0.643. The minimum atomic E-state index is -0.388. The minimum absolute atomic E-state index is 0.299. The van der Waals surface area contributed by atoms with Crippen molar-refractivity contribution < 1.29 is 4.79 Å². The van der Waals surface area contributed by atoms with Crippen LogP contribution in [0.4, 0.5) is 0 Å². The molecule has 0 aliphatic heterocycles. The van der Waals surface area contributed by atoms with Gasteiger partial charge < -0.3 is 0 Å². The number of fused-ring (bicyclic) bond motifs is 3. The van der Waals surface area contributed by atoms with Crippen molar-refractivity contribution in [2.24, 2.45) is 0 Å². The lowest BCUT2D eigenvalue weighted by molar-refractivity contribution is -0.126. The Morgan fingerprint density at radius 3 is 2.93 bits per heavy atom. The van der Waals surface area contributed by atoms with E-state index < -0.39 is 0 Å². The van der Waals surface area contributed by atoms with E-state index in [1.54, 1.807) is 0 Å². The average Bonchev–Trinajstić information content (AvgIpc) is 2.22. The third-order valence-corrected chi connectivity index (χ3v) is 4.46. The fraction of sp³-hybridized carbons (Fsp3) is 0.250. The van der Waals surface area contributed by atoms with Gasteiger partial charge >= 0.3 is 0 Å². The van der Waals surface area contributed by atoms with Crippen molar-refractivity contribution in [2.45, 2.75) is 16.7 Å². The van der Waals surface area contributed by atoms with Gasteiger partial charge in [-0.1, -0.05) is 52.3 Å². The van der Waals surface area contributed by atoms with Gasteiger partial charge in [-0.15, -0.1) is 0 Å². The van der Waals surface area contributed by atoms with Crippen molar-refractivity contribution in [1.29, 1.82) is 0 Å². The molecule has 0 N–H and O–H groups in total. The van der Waals surface area contributed by atoms with Gasteiger partial charge in [0.05, 0.1) is 0 Å². The minimum Gasteiger partial charge on any atom is -0.298 e. The van der Waals surface area contributed by atoms with E-state index in [0.717, 1.165) is 0 Å². The molecule has 1 aromatic rings. The van der Waals surface area contributed by atoms with E-state index in [1.807, 2.05) is 24.3 Å². The quantitative estimate of drug-likeness (QED) is 0.646. The molecule has 0 aromatic heterocycles. The van der Waals surface area contributed by atoms with Crippen LogP contribution in [0.1, 0.15) is 23.5 Å². The number of hydrogen-bond acceptors (Lipinski definition) is 1. The average molecular weight is 249 g/mol. The summed E-state index contributed by atoms with van der Waals surface area (Å²) in [5, 5.41) is 0. The fourth-order valence-corrected chi connectivity index (χ4v) is 2.99. The van der Waals surface area contributed by atoms with Crippen LogP contribution in [0.3, 0.4) is 0 Å². The first-order valence-corrected chi connectivity index (χ1v) is 5.51. The van der Waals surface area contributed by atoms with Gasteiger partial charge in [-0.25, -0.2) is 0 Å². The fourth-order valence-electron chi connectivity index (χ4n) is 2.29. The highest BCUT2D eigenvalue weighted by molar-refractivity contribution is 9.10. The zero-order valence-electron chi connectivity index (χ0n) is 7.53. The zero-order valence-corrected chi connectivity index (χ0v) is 9.12.